The Bertz CT molecular complexity index is 1100. The molecule has 0 spiro atoms. The second-order valence-corrected chi connectivity index (χ2v) is 9.31. The van der Waals surface area contributed by atoms with Crippen molar-refractivity contribution in [3.8, 4) is 0 Å². The van der Waals surface area contributed by atoms with Crippen LogP contribution in [0.25, 0.3) is 0 Å². The van der Waals surface area contributed by atoms with Crippen LogP contribution in [0.3, 0.4) is 0 Å². The SMILES string of the molecule is O=C(NCCN1CCOCC1)[C@@H](c1ccccc1)N(Cc1ccc(Cl)cc1)C(=O)Cc1ccccc1. The number of hydrogen-bond donors (Lipinski definition) is 1. The van der Waals surface area contributed by atoms with Crippen molar-refractivity contribution in [2.24, 2.45) is 0 Å². The summed E-state index contributed by atoms with van der Waals surface area (Å²) >= 11 is 6.09. The van der Waals surface area contributed by atoms with E-state index in [2.05, 4.69) is 10.2 Å². The Hall–Kier alpha value is -3.19. The molecular formula is C29H32ClN3O3. The first kappa shape index (κ1) is 25.9. The molecule has 1 N–H and O–H groups in total. The lowest BCUT2D eigenvalue weighted by molar-refractivity contribution is -0.141. The first-order valence-corrected chi connectivity index (χ1v) is 12.7. The van der Waals surface area contributed by atoms with E-state index in [0.717, 1.165) is 36.3 Å². The molecule has 1 aliphatic rings. The molecule has 3 aromatic rings. The summed E-state index contributed by atoms with van der Waals surface area (Å²) in [6.07, 6.45) is 0.207. The van der Waals surface area contributed by atoms with E-state index in [9.17, 15) is 9.59 Å². The highest BCUT2D eigenvalue weighted by atomic mass is 35.5. The first-order valence-electron chi connectivity index (χ1n) is 12.3. The normalized spacial score (nSPS) is 14.7. The third-order valence-electron chi connectivity index (χ3n) is 6.29. The lowest BCUT2D eigenvalue weighted by Gasteiger charge is -2.32. The Morgan fingerprint density at radius 2 is 1.53 bits per heavy atom. The van der Waals surface area contributed by atoms with Gasteiger partial charge in [0, 0.05) is 37.7 Å². The van der Waals surface area contributed by atoms with Crippen LogP contribution in [-0.2, 0) is 27.3 Å². The van der Waals surface area contributed by atoms with Gasteiger partial charge < -0.3 is 15.0 Å². The minimum atomic E-state index is -0.761. The van der Waals surface area contributed by atoms with E-state index in [-0.39, 0.29) is 18.2 Å². The molecule has 4 rings (SSSR count). The van der Waals surface area contributed by atoms with Gasteiger partial charge in [-0.25, -0.2) is 0 Å². The van der Waals surface area contributed by atoms with Gasteiger partial charge in [-0.15, -0.1) is 0 Å². The van der Waals surface area contributed by atoms with Crippen LogP contribution in [0.2, 0.25) is 5.02 Å². The van der Waals surface area contributed by atoms with Gasteiger partial charge in [-0.2, -0.15) is 0 Å². The topological polar surface area (TPSA) is 61.9 Å². The highest BCUT2D eigenvalue weighted by Gasteiger charge is 2.31. The molecule has 3 aromatic carbocycles. The van der Waals surface area contributed by atoms with Crippen molar-refractivity contribution in [1.82, 2.24) is 15.1 Å². The summed E-state index contributed by atoms with van der Waals surface area (Å²) in [6, 6.07) is 25.7. The Kier molecular flexibility index (Phi) is 9.50. The quantitative estimate of drug-likeness (QED) is 0.450. The monoisotopic (exact) mass is 505 g/mol. The predicted molar refractivity (Wildman–Crippen MR) is 142 cm³/mol. The fraction of sp³-hybridized carbons (Fsp3) is 0.310. The van der Waals surface area contributed by atoms with Gasteiger partial charge in [-0.1, -0.05) is 84.4 Å². The molecule has 0 saturated carbocycles. The largest absolute Gasteiger partial charge is 0.379 e. The molecule has 2 amide bonds. The average molecular weight is 506 g/mol. The van der Waals surface area contributed by atoms with Crippen LogP contribution >= 0.6 is 11.6 Å². The molecule has 0 aliphatic carbocycles. The fourth-order valence-corrected chi connectivity index (χ4v) is 4.47. The lowest BCUT2D eigenvalue weighted by Crippen LogP contribution is -2.46. The van der Waals surface area contributed by atoms with Gasteiger partial charge in [0.25, 0.3) is 0 Å². The number of nitrogens with zero attached hydrogens (tertiary/aromatic N) is 2. The van der Waals surface area contributed by atoms with Crippen LogP contribution in [0.15, 0.2) is 84.9 Å². The Morgan fingerprint density at radius 1 is 0.889 bits per heavy atom. The van der Waals surface area contributed by atoms with Crippen molar-refractivity contribution in [3.63, 3.8) is 0 Å². The third kappa shape index (κ3) is 7.40. The smallest absolute Gasteiger partial charge is 0.247 e. The summed E-state index contributed by atoms with van der Waals surface area (Å²) in [4.78, 5) is 31.3. The van der Waals surface area contributed by atoms with Crippen molar-refractivity contribution >= 4 is 23.4 Å². The molecule has 0 radical (unpaired) electrons. The van der Waals surface area contributed by atoms with Gasteiger partial charge in [0.15, 0.2) is 0 Å². The third-order valence-corrected chi connectivity index (χ3v) is 6.54. The number of carbonyl (C=O) groups is 2. The summed E-state index contributed by atoms with van der Waals surface area (Å²) in [5.41, 5.74) is 2.59. The van der Waals surface area contributed by atoms with Crippen LogP contribution in [0.4, 0.5) is 0 Å². The van der Waals surface area contributed by atoms with E-state index in [1.54, 1.807) is 17.0 Å². The number of rotatable bonds is 10. The van der Waals surface area contributed by atoms with E-state index < -0.39 is 6.04 Å². The van der Waals surface area contributed by atoms with Gasteiger partial charge in [0.1, 0.15) is 6.04 Å². The minimum absolute atomic E-state index is 0.117. The molecule has 0 bridgehead atoms. The van der Waals surface area contributed by atoms with Crippen LogP contribution < -0.4 is 5.32 Å². The van der Waals surface area contributed by atoms with Crippen molar-refractivity contribution in [3.05, 3.63) is 107 Å². The molecule has 0 aromatic heterocycles. The molecule has 7 heteroatoms. The van der Waals surface area contributed by atoms with Gasteiger partial charge in [0.05, 0.1) is 19.6 Å². The maximum absolute atomic E-state index is 13.7. The number of benzene rings is 3. The standard InChI is InChI=1S/C29H32ClN3O3/c30-26-13-11-24(12-14-26)22-33(27(34)21-23-7-3-1-4-8-23)28(25-9-5-2-6-10-25)29(35)31-15-16-32-17-19-36-20-18-32/h1-14,28H,15-22H2,(H,31,35)/t28-/m1/s1. The number of ether oxygens (including phenoxy) is 1. The summed E-state index contributed by atoms with van der Waals surface area (Å²) in [5, 5.41) is 3.71. The molecule has 1 aliphatic heterocycles. The van der Waals surface area contributed by atoms with Gasteiger partial charge in [-0.3, -0.25) is 14.5 Å². The average Bonchev–Trinajstić information content (AvgIpc) is 2.91. The van der Waals surface area contributed by atoms with Gasteiger partial charge in [0.2, 0.25) is 11.8 Å². The van der Waals surface area contributed by atoms with E-state index in [0.29, 0.717) is 31.3 Å². The number of morpholine rings is 1. The highest BCUT2D eigenvalue weighted by Crippen LogP contribution is 2.25. The van der Waals surface area contributed by atoms with E-state index in [4.69, 9.17) is 16.3 Å². The molecule has 6 nitrogen and oxygen atoms in total. The maximum Gasteiger partial charge on any atom is 0.247 e. The Morgan fingerprint density at radius 3 is 2.19 bits per heavy atom. The van der Waals surface area contributed by atoms with Crippen molar-refractivity contribution in [2.45, 2.75) is 19.0 Å². The van der Waals surface area contributed by atoms with E-state index in [1.807, 2.05) is 72.8 Å². The molecular weight excluding hydrogens is 474 g/mol. The molecule has 1 fully saturated rings. The first-order chi connectivity index (χ1) is 17.6. The van der Waals surface area contributed by atoms with Crippen LogP contribution in [0, 0.1) is 0 Å². The summed E-state index contributed by atoms with van der Waals surface area (Å²) in [6.45, 7) is 4.67. The van der Waals surface area contributed by atoms with Crippen LogP contribution in [-0.4, -0.2) is 61.0 Å². The van der Waals surface area contributed by atoms with Crippen LogP contribution in [0.5, 0.6) is 0 Å². The maximum atomic E-state index is 13.7. The van der Waals surface area contributed by atoms with Crippen LogP contribution in [0.1, 0.15) is 22.7 Å². The van der Waals surface area contributed by atoms with Gasteiger partial charge in [-0.05, 0) is 28.8 Å². The fourth-order valence-electron chi connectivity index (χ4n) is 4.35. The van der Waals surface area contributed by atoms with Crippen molar-refractivity contribution < 1.29 is 14.3 Å². The minimum Gasteiger partial charge on any atom is -0.379 e. The van der Waals surface area contributed by atoms with E-state index in [1.165, 1.54) is 0 Å². The molecule has 0 unspecified atom stereocenters. The zero-order valence-electron chi connectivity index (χ0n) is 20.3. The predicted octanol–water partition coefficient (Wildman–Crippen LogP) is 4.10. The molecule has 36 heavy (non-hydrogen) atoms. The molecule has 1 heterocycles. The molecule has 1 saturated heterocycles. The second kappa shape index (κ2) is 13.2. The highest BCUT2D eigenvalue weighted by molar-refractivity contribution is 6.30. The van der Waals surface area contributed by atoms with Crippen molar-refractivity contribution in [1.29, 1.82) is 0 Å². The Balaban J connectivity index is 1.58. The number of halogens is 1. The summed E-state index contributed by atoms with van der Waals surface area (Å²) in [5.74, 6) is -0.307. The number of nitrogens with one attached hydrogen (secondary N) is 1. The summed E-state index contributed by atoms with van der Waals surface area (Å²) < 4.78 is 5.41. The second-order valence-electron chi connectivity index (χ2n) is 8.87. The lowest BCUT2D eigenvalue weighted by atomic mass is 10.0. The van der Waals surface area contributed by atoms with Crippen molar-refractivity contribution in [2.75, 3.05) is 39.4 Å². The van der Waals surface area contributed by atoms with E-state index >= 15 is 0 Å². The van der Waals surface area contributed by atoms with Gasteiger partial charge >= 0.3 is 0 Å². The number of carbonyl (C=O) groups excluding carboxylic acids is 2. The summed E-state index contributed by atoms with van der Waals surface area (Å²) in [7, 11) is 0. The zero-order chi connectivity index (χ0) is 25.2. The molecule has 188 valence electrons. The number of amides is 2. The number of hydrogen-bond acceptors (Lipinski definition) is 4. The molecule has 1 atom stereocenters. The zero-order valence-corrected chi connectivity index (χ0v) is 21.1. The Labute approximate surface area is 217 Å².